The Hall–Kier alpha value is -2.25. The van der Waals surface area contributed by atoms with Crippen LogP contribution in [0.3, 0.4) is 0 Å². The maximum Gasteiger partial charge on any atom is 0.349 e. The fourth-order valence-corrected chi connectivity index (χ4v) is 4.41. The fourth-order valence-electron chi connectivity index (χ4n) is 4.12. The van der Waals surface area contributed by atoms with Crippen LogP contribution in [0.4, 0.5) is 0 Å². The van der Waals surface area contributed by atoms with Crippen molar-refractivity contribution >= 4 is 22.6 Å². The number of aromatic amines is 1. The Morgan fingerprint density at radius 2 is 2.00 bits per heavy atom. The van der Waals surface area contributed by atoms with Crippen molar-refractivity contribution in [2.24, 2.45) is 5.92 Å². The third kappa shape index (κ3) is 4.21. The Labute approximate surface area is 173 Å². The Morgan fingerprint density at radius 1 is 1.21 bits per heavy atom. The van der Waals surface area contributed by atoms with Gasteiger partial charge in [0.25, 0.3) is 5.56 Å². The molecule has 2 aliphatic heterocycles. The molecule has 1 aromatic rings. The van der Waals surface area contributed by atoms with Gasteiger partial charge in [-0.05, 0) is 42.9 Å². The van der Waals surface area contributed by atoms with Crippen LogP contribution in [0.2, 0.25) is 5.02 Å². The summed E-state index contributed by atoms with van der Waals surface area (Å²) in [7, 11) is 0. The zero-order valence-corrected chi connectivity index (χ0v) is 17.3. The van der Waals surface area contributed by atoms with Crippen LogP contribution in [0.25, 0.3) is 22.6 Å². The normalized spacial score (nSPS) is 15.4. The molecular formula is C21H25ClN4O3. The highest BCUT2D eigenvalue weighted by Gasteiger charge is 2.20. The Bertz CT molecular complexity index is 1100. The lowest BCUT2D eigenvalue weighted by Gasteiger charge is -2.22. The largest absolute Gasteiger partial charge is 0.379 e. The fraction of sp³-hybridized carbons (Fsp3) is 0.524. The molecule has 0 radical (unpaired) electrons. The van der Waals surface area contributed by atoms with Crippen molar-refractivity contribution in [3.63, 3.8) is 0 Å². The number of aromatic nitrogens is 4. The van der Waals surface area contributed by atoms with Gasteiger partial charge >= 0.3 is 5.69 Å². The smallest absolute Gasteiger partial charge is 0.349 e. The van der Waals surface area contributed by atoms with E-state index in [4.69, 9.17) is 16.3 Å². The second kappa shape index (κ2) is 8.63. The number of H-pyrrole nitrogens is 1. The Balaban J connectivity index is 1.70. The molecule has 0 spiro atoms. The molecule has 1 saturated carbocycles. The summed E-state index contributed by atoms with van der Waals surface area (Å²) in [6.07, 6.45) is 7.10. The van der Waals surface area contributed by atoms with Crippen molar-refractivity contribution in [3.05, 3.63) is 43.6 Å². The number of aryl methyl sites for hydroxylation is 1. The first-order valence-electron chi connectivity index (χ1n) is 10.3. The molecule has 4 rings (SSSR count). The number of ether oxygens (including phenoxy) is 1. The number of hydrogen-bond acceptors (Lipinski definition) is 5. The Morgan fingerprint density at radius 3 is 2.76 bits per heavy atom. The van der Waals surface area contributed by atoms with Gasteiger partial charge in [-0.2, -0.15) is 4.98 Å². The molecule has 0 bridgehead atoms. The van der Waals surface area contributed by atoms with Crippen molar-refractivity contribution in [1.29, 1.82) is 0 Å². The maximum absolute atomic E-state index is 12.3. The number of halogens is 1. The molecule has 8 heteroatoms. The second-order valence-electron chi connectivity index (χ2n) is 7.67. The minimum Gasteiger partial charge on any atom is -0.379 e. The first-order chi connectivity index (χ1) is 14.1. The molecule has 0 aromatic heterocycles. The molecule has 1 N–H and O–H groups in total. The third-order valence-corrected chi connectivity index (χ3v) is 6.05. The molecule has 2 heterocycles. The molecule has 154 valence electrons. The predicted molar refractivity (Wildman–Crippen MR) is 113 cm³/mol. The van der Waals surface area contributed by atoms with E-state index in [1.165, 1.54) is 32.1 Å². The van der Waals surface area contributed by atoms with E-state index in [2.05, 4.69) is 15.0 Å². The van der Waals surface area contributed by atoms with E-state index >= 15 is 0 Å². The Kier molecular flexibility index (Phi) is 5.96. The number of nitrogens with one attached hydrogen (secondary N) is 1. The average Bonchev–Trinajstić information content (AvgIpc) is 2.71. The van der Waals surface area contributed by atoms with Crippen LogP contribution >= 0.6 is 11.6 Å². The van der Waals surface area contributed by atoms with Crippen LogP contribution in [0, 0.1) is 5.92 Å². The van der Waals surface area contributed by atoms with Crippen molar-refractivity contribution in [1.82, 2.24) is 19.5 Å². The van der Waals surface area contributed by atoms with Gasteiger partial charge in [0.05, 0.1) is 17.6 Å². The third-order valence-electron chi connectivity index (χ3n) is 5.70. The van der Waals surface area contributed by atoms with Gasteiger partial charge in [-0.3, -0.25) is 9.78 Å². The zero-order valence-electron chi connectivity index (χ0n) is 16.5. The quantitative estimate of drug-likeness (QED) is 0.491. The van der Waals surface area contributed by atoms with Crippen LogP contribution in [0.1, 0.15) is 44.6 Å². The lowest BCUT2D eigenvalue weighted by Crippen LogP contribution is -2.29. The molecule has 0 unspecified atom stereocenters. The average molecular weight is 417 g/mol. The van der Waals surface area contributed by atoms with E-state index < -0.39 is 11.2 Å². The summed E-state index contributed by atoms with van der Waals surface area (Å²) in [5.74, 6) is 0.899. The highest BCUT2D eigenvalue weighted by atomic mass is 35.5. The van der Waals surface area contributed by atoms with E-state index in [1.54, 1.807) is 6.07 Å². The van der Waals surface area contributed by atoms with E-state index in [1.807, 2.05) is 17.6 Å². The van der Waals surface area contributed by atoms with Gasteiger partial charge in [-0.25, -0.2) is 9.78 Å². The van der Waals surface area contributed by atoms with E-state index in [-0.39, 0.29) is 11.5 Å². The SMILES string of the molecule is CCc1cc2c(cc1Cl)nc1c(=O)[nH]c(=O)nc-1n2CCOCC1CCCCC1. The van der Waals surface area contributed by atoms with Crippen LogP contribution in [-0.2, 0) is 17.7 Å². The number of fused-ring (bicyclic) bond motifs is 2. The molecule has 1 fully saturated rings. The topological polar surface area (TPSA) is 89.9 Å². The number of hydrogen-bond donors (Lipinski definition) is 1. The molecule has 0 amide bonds. The molecular weight excluding hydrogens is 392 g/mol. The summed E-state index contributed by atoms with van der Waals surface area (Å²) in [4.78, 5) is 34.8. The minimum absolute atomic E-state index is 0.129. The van der Waals surface area contributed by atoms with Gasteiger partial charge in [-0.15, -0.1) is 0 Å². The zero-order chi connectivity index (χ0) is 20.4. The van der Waals surface area contributed by atoms with Crippen LogP contribution in [-0.4, -0.2) is 32.7 Å². The van der Waals surface area contributed by atoms with Gasteiger partial charge < -0.3 is 9.30 Å². The monoisotopic (exact) mass is 416 g/mol. The van der Waals surface area contributed by atoms with E-state index in [0.29, 0.717) is 29.6 Å². The predicted octanol–water partition coefficient (Wildman–Crippen LogP) is 3.40. The van der Waals surface area contributed by atoms with Gasteiger partial charge in [0.2, 0.25) is 0 Å². The maximum atomic E-state index is 12.3. The van der Waals surface area contributed by atoms with Crippen molar-refractivity contribution in [3.8, 4) is 11.5 Å². The molecule has 29 heavy (non-hydrogen) atoms. The first-order valence-corrected chi connectivity index (χ1v) is 10.7. The summed E-state index contributed by atoms with van der Waals surface area (Å²) >= 11 is 6.36. The first kappa shape index (κ1) is 20.0. The minimum atomic E-state index is -0.676. The van der Waals surface area contributed by atoms with Gasteiger partial charge in [0.15, 0.2) is 11.5 Å². The van der Waals surface area contributed by atoms with Gasteiger partial charge in [0, 0.05) is 18.2 Å². The summed E-state index contributed by atoms with van der Waals surface area (Å²) in [6.45, 7) is 3.72. The van der Waals surface area contributed by atoms with Gasteiger partial charge in [-0.1, -0.05) is 37.8 Å². The molecule has 7 nitrogen and oxygen atoms in total. The molecule has 1 aromatic carbocycles. The van der Waals surface area contributed by atoms with Crippen molar-refractivity contribution in [2.75, 3.05) is 13.2 Å². The van der Waals surface area contributed by atoms with E-state index in [0.717, 1.165) is 24.1 Å². The standard InChI is InChI=1S/C21H25ClN4O3/c1-2-14-10-17-16(11-15(14)22)23-18-19(24-21(28)25-20(18)27)26(17)8-9-29-12-13-6-4-3-5-7-13/h10-11,13H,2-9,12H2,1H3,(H,25,27,28). The molecule has 0 saturated heterocycles. The van der Waals surface area contributed by atoms with E-state index in [9.17, 15) is 9.59 Å². The lowest BCUT2D eigenvalue weighted by molar-refractivity contribution is 0.0804. The van der Waals surface area contributed by atoms with Crippen LogP contribution in [0.5, 0.6) is 0 Å². The summed E-state index contributed by atoms with van der Waals surface area (Å²) in [5.41, 5.74) is 1.27. The highest BCUT2D eigenvalue weighted by Crippen LogP contribution is 2.27. The number of nitrogens with zero attached hydrogens (tertiary/aromatic N) is 3. The summed E-state index contributed by atoms with van der Waals surface area (Å²) < 4.78 is 7.81. The highest BCUT2D eigenvalue weighted by molar-refractivity contribution is 6.32. The van der Waals surface area contributed by atoms with Crippen LogP contribution in [0.15, 0.2) is 21.7 Å². The van der Waals surface area contributed by atoms with Crippen molar-refractivity contribution < 1.29 is 4.74 Å². The summed E-state index contributed by atoms with van der Waals surface area (Å²) in [5, 5.41) is 0.608. The number of rotatable bonds is 6. The number of benzene rings is 1. The van der Waals surface area contributed by atoms with Crippen LogP contribution < -0.4 is 11.2 Å². The second-order valence-corrected chi connectivity index (χ2v) is 8.08. The van der Waals surface area contributed by atoms with Crippen molar-refractivity contribution in [2.45, 2.75) is 52.0 Å². The summed E-state index contributed by atoms with van der Waals surface area (Å²) in [6, 6.07) is 3.72. The molecule has 1 aliphatic carbocycles. The van der Waals surface area contributed by atoms with Gasteiger partial charge in [0.1, 0.15) is 0 Å². The molecule has 0 atom stereocenters. The molecule has 3 aliphatic rings. The lowest BCUT2D eigenvalue weighted by atomic mass is 9.90.